The van der Waals surface area contributed by atoms with Crippen molar-refractivity contribution in [2.24, 2.45) is 0 Å². The van der Waals surface area contributed by atoms with E-state index < -0.39 is 0 Å². The third-order valence-corrected chi connectivity index (χ3v) is 4.39. The average molecular weight is 314 g/mol. The summed E-state index contributed by atoms with van der Waals surface area (Å²) in [6.07, 6.45) is 5.38. The number of amides is 1. The average Bonchev–Trinajstić information content (AvgIpc) is 3.21. The van der Waals surface area contributed by atoms with Gasteiger partial charge in [0.15, 0.2) is 0 Å². The minimum Gasteiger partial charge on any atom is -0.472 e. The van der Waals surface area contributed by atoms with Crippen LogP contribution in [0.5, 0.6) is 0 Å². The molecule has 0 bridgehead atoms. The summed E-state index contributed by atoms with van der Waals surface area (Å²) in [5, 5.41) is 0. The maximum absolute atomic E-state index is 12.8. The Hall–Kier alpha value is -2.14. The van der Waals surface area contributed by atoms with Gasteiger partial charge in [0.1, 0.15) is 0 Å². The number of carbonyl (C=O) groups excluding carboxylic acids is 1. The topological polar surface area (TPSA) is 46.3 Å². The maximum Gasteiger partial charge on any atom is 0.254 e. The Kier molecular flexibility index (Phi) is 4.53. The standard InChI is InChI=1S/C17H18N2O2S/c1-2-3-7-19(10-13-6-8-21-11-13)17(20)14-4-5-15-16(9-14)22-12-18-15/h4-6,8-9,11-12H,2-3,7,10H2,1H3. The fraction of sp³-hybridized carbons (Fsp3) is 0.294. The molecule has 0 atom stereocenters. The van der Waals surface area contributed by atoms with Crippen molar-refractivity contribution in [3.8, 4) is 0 Å². The highest BCUT2D eigenvalue weighted by Crippen LogP contribution is 2.21. The van der Waals surface area contributed by atoms with Gasteiger partial charge in [-0.1, -0.05) is 13.3 Å². The van der Waals surface area contributed by atoms with Gasteiger partial charge in [-0.05, 0) is 30.7 Å². The number of unbranched alkanes of at least 4 members (excludes halogenated alkanes) is 1. The second-order valence-corrected chi connectivity index (χ2v) is 6.13. The monoisotopic (exact) mass is 314 g/mol. The molecule has 0 unspecified atom stereocenters. The Morgan fingerprint density at radius 1 is 1.36 bits per heavy atom. The molecule has 22 heavy (non-hydrogen) atoms. The molecule has 0 aliphatic heterocycles. The quantitative estimate of drug-likeness (QED) is 0.680. The molecular formula is C17H18N2O2S. The van der Waals surface area contributed by atoms with Crippen molar-refractivity contribution in [3.63, 3.8) is 0 Å². The second-order valence-electron chi connectivity index (χ2n) is 5.25. The van der Waals surface area contributed by atoms with Gasteiger partial charge in [0, 0.05) is 24.2 Å². The molecule has 2 heterocycles. The van der Waals surface area contributed by atoms with Crippen LogP contribution >= 0.6 is 11.3 Å². The minimum atomic E-state index is 0.0601. The third kappa shape index (κ3) is 3.20. The number of furan rings is 1. The molecule has 3 aromatic rings. The number of benzene rings is 1. The van der Waals surface area contributed by atoms with E-state index in [1.54, 1.807) is 29.4 Å². The van der Waals surface area contributed by atoms with Gasteiger partial charge in [0.05, 0.1) is 28.3 Å². The first kappa shape index (κ1) is 14.8. The molecule has 0 aliphatic rings. The van der Waals surface area contributed by atoms with Crippen molar-refractivity contribution < 1.29 is 9.21 Å². The van der Waals surface area contributed by atoms with Crippen LogP contribution in [0, 0.1) is 0 Å². The molecule has 0 fully saturated rings. The van der Waals surface area contributed by atoms with Gasteiger partial charge < -0.3 is 9.32 Å². The number of nitrogens with zero attached hydrogens (tertiary/aromatic N) is 2. The SMILES string of the molecule is CCCCN(Cc1ccoc1)C(=O)c1ccc2ncsc2c1. The highest BCUT2D eigenvalue weighted by Gasteiger charge is 2.17. The summed E-state index contributed by atoms with van der Waals surface area (Å²) in [4.78, 5) is 19.0. The molecule has 0 saturated heterocycles. The summed E-state index contributed by atoms with van der Waals surface area (Å²) in [6.45, 7) is 3.46. The van der Waals surface area contributed by atoms with Crippen molar-refractivity contribution in [1.29, 1.82) is 0 Å². The van der Waals surface area contributed by atoms with Gasteiger partial charge in [-0.3, -0.25) is 4.79 Å². The van der Waals surface area contributed by atoms with Gasteiger partial charge in [0.2, 0.25) is 0 Å². The molecule has 0 saturated carbocycles. The lowest BCUT2D eigenvalue weighted by Crippen LogP contribution is -2.31. The summed E-state index contributed by atoms with van der Waals surface area (Å²) in [6, 6.07) is 7.61. The zero-order chi connectivity index (χ0) is 15.4. The summed E-state index contributed by atoms with van der Waals surface area (Å²) in [5.41, 5.74) is 4.48. The number of fused-ring (bicyclic) bond motifs is 1. The molecular weight excluding hydrogens is 296 g/mol. The zero-order valence-electron chi connectivity index (χ0n) is 12.5. The summed E-state index contributed by atoms with van der Waals surface area (Å²) in [5.74, 6) is 0.0601. The molecule has 4 nitrogen and oxygen atoms in total. The maximum atomic E-state index is 12.8. The highest BCUT2D eigenvalue weighted by molar-refractivity contribution is 7.16. The Labute approximate surface area is 133 Å². The molecule has 5 heteroatoms. The van der Waals surface area contributed by atoms with Gasteiger partial charge in [-0.25, -0.2) is 4.98 Å². The number of hydrogen-bond acceptors (Lipinski definition) is 4. The van der Waals surface area contributed by atoms with Gasteiger partial charge in [-0.15, -0.1) is 11.3 Å². The van der Waals surface area contributed by atoms with Crippen molar-refractivity contribution in [3.05, 3.63) is 53.4 Å². The lowest BCUT2D eigenvalue weighted by Gasteiger charge is -2.22. The van der Waals surface area contributed by atoms with Crippen molar-refractivity contribution in [2.75, 3.05) is 6.54 Å². The van der Waals surface area contributed by atoms with Crippen LogP contribution in [0.25, 0.3) is 10.2 Å². The molecule has 0 radical (unpaired) electrons. The molecule has 0 aliphatic carbocycles. The fourth-order valence-electron chi connectivity index (χ4n) is 2.38. The molecule has 1 amide bonds. The van der Waals surface area contributed by atoms with Crippen LogP contribution in [0.4, 0.5) is 0 Å². The van der Waals surface area contributed by atoms with E-state index in [4.69, 9.17) is 4.42 Å². The predicted molar refractivity (Wildman–Crippen MR) is 88.0 cm³/mol. The van der Waals surface area contributed by atoms with Crippen LogP contribution in [0.1, 0.15) is 35.7 Å². The lowest BCUT2D eigenvalue weighted by molar-refractivity contribution is 0.0741. The van der Waals surface area contributed by atoms with Gasteiger partial charge >= 0.3 is 0 Å². The van der Waals surface area contributed by atoms with E-state index in [1.807, 2.05) is 29.2 Å². The zero-order valence-corrected chi connectivity index (χ0v) is 13.3. The van der Waals surface area contributed by atoms with Gasteiger partial charge in [-0.2, -0.15) is 0 Å². The number of hydrogen-bond donors (Lipinski definition) is 0. The first-order chi connectivity index (χ1) is 10.8. The van der Waals surface area contributed by atoms with E-state index in [2.05, 4.69) is 11.9 Å². The molecule has 114 valence electrons. The van der Waals surface area contributed by atoms with Crippen LogP contribution in [0.2, 0.25) is 0 Å². The normalized spacial score (nSPS) is 11.0. The largest absolute Gasteiger partial charge is 0.472 e. The van der Waals surface area contributed by atoms with E-state index in [0.717, 1.165) is 40.7 Å². The van der Waals surface area contributed by atoms with E-state index in [-0.39, 0.29) is 5.91 Å². The van der Waals surface area contributed by atoms with E-state index in [1.165, 1.54) is 0 Å². The third-order valence-electron chi connectivity index (χ3n) is 3.60. The Morgan fingerprint density at radius 2 is 2.27 bits per heavy atom. The minimum absolute atomic E-state index is 0.0601. The molecule has 0 spiro atoms. The molecule has 2 aromatic heterocycles. The lowest BCUT2D eigenvalue weighted by atomic mass is 10.1. The summed E-state index contributed by atoms with van der Waals surface area (Å²) in [7, 11) is 0. The predicted octanol–water partition coefficient (Wildman–Crippen LogP) is 4.33. The van der Waals surface area contributed by atoms with Crippen LogP contribution < -0.4 is 0 Å². The first-order valence-electron chi connectivity index (χ1n) is 7.41. The number of rotatable bonds is 6. The Morgan fingerprint density at radius 3 is 3.05 bits per heavy atom. The second kappa shape index (κ2) is 6.75. The van der Waals surface area contributed by atoms with Crippen molar-refractivity contribution >= 4 is 27.5 Å². The summed E-state index contributed by atoms with van der Waals surface area (Å²) < 4.78 is 6.15. The van der Waals surface area contributed by atoms with Crippen LogP contribution in [-0.2, 0) is 6.54 Å². The number of aromatic nitrogens is 1. The molecule has 0 N–H and O–H groups in total. The van der Waals surface area contributed by atoms with E-state index in [0.29, 0.717) is 6.54 Å². The van der Waals surface area contributed by atoms with Crippen molar-refractivity contribution in [2.45, 2.75) is 26.3 Å². The highest BCUT2D eigenvalue weighted by atomic mass is 32.1. The first-order valence-corrected chi connectivity index (χ1v) is 8.29. The number of thiazole rings is 1. The number of carbonyl (C=O) groups is 1. The fourth-order valence-corrected chi connectivity index (χ4v) is 3.09. The summed E-state index contributed by atoms with van der Waals surface area (Å²) >= 11 is 1.56. The Bertz CT molecular complexity index is 749. The molecule has 1 aromatic carbocycles. The smallest absolute Gasteiger partial charge is 0.254 e. The van der Waals surface area contributed by atoms with Crippen LogP contribution in [0.3, 0.4) is 0 Å². The van der Waals surface area contributed by atoms with Crippen LogP contribution in [-0.4, -0.2) is 22.3 Å². The van der Waals surface area contributed by atoms with Crippen LogP contribution in [0.15, 0.2) is 46.7 Å². The van der Waals surface area contributed by atoms with E-state index in [9.17, 15) is 4.79 Å². The van der Waals surface area contributed by atoms with Gasteiger partial charge in [0.25, 0.3) is 5.91 Å². The van der Waals surface area contributed by atoms with Crippen molar-refractivity contribution in [1.82, 2.24) is 9.88 Å². The van der Waals surface area contributed by atoms with E-state index >= 15 is 0 Å². The molecule has 3 rings (SSSR count). The Balaban J connectivity index is 1.83.